The van der Waals surface area contributed by atoms with Crippen LogP contribution in [-0.4, -0.2) is 43.4 Å². The van der Waals surface area contributed by atoms with E-state index in [-0.39, 0.29) is 6.61 Å². The molecule has 0 fully saturated rings. The molecule has 0 aliphatic heterocycles. The van der Waals surface area contributed by atoms with Gasteiger partial charge in [0.2, 0.25) is 0 Å². The minimum Gasteiger partial charge on any atom is -0.491 e. The molecule has 130 valence electrons. The topological polar surface area (TPSA) is 65.9 Å². The largest absolute Gasteiger partial charge is 0.491 e. The van der Waals surface area contributed by atoms with Gasteiger partial charge in [0.05, 0.1) is 6.54 Å². The Hall–Kier alpha value is -1.75. The SMILES string of the molecule is CCCCCNC(=NCC(O)COc1cccc(C)c1)NCC. The quantitative estimate of drug-likeness (QED) is 0.352. The van der Waals surface area contributed by atoms with E-state index >= 15 is 0 Å². The molecule has 23 heavy (non-hydrogen) atoms. The Morgan fingerprint density at radius 3 is 2.78 bits per heavy atom. The zero-order chi connectivity index (χ0) is 16.9. The molecule has 0 aliphatic rings. The van der Waals surface area contributed by atoms with Gasteiger partial charge in [-0.05, 0) is 38.0 Å². The van der Waals surface area contributed by atoms with Gasteiger partial charge in [0, 0.05) is 13.1 Å². The Morgan fingerprint density at radius 2 is 2.09 bits per heavy atom. The van der Waals surface area contributed by atoms with Crippen LogP contribution in [0.2, 0.25) is 0 Å². The maximum absolute atomic E-state index is 10.0. The number of benzene rings is 1. The number of ether oxygens (including phenoxy) is 1. The van der Waals surface area contributed by atoms with E-state index in [9.17, 15) is 5.11 Å². The summed E-state index contributed by atoms with van der Waals surface area (Å²) >= 11 is 0. The molecule has 0 saturated heterocycles. The van der Waals surface area contributed by atoms with Gasteiger partial charge in [0.15, 0.2) is 5.96 Å². The number of nitrogens with zero attached hydrogens (tertiary/aromatic N) is 1. The molecule has 3 N–H and O–H groups in total. The summed E-state index contributed by atoms with van der Waals surface area (Å²) < 4.78 is 5.59. The summed E-state index contributed by atoms with van der Waals surface area (Å²) in [4.78, 5) is 4.41. The highest BCUT2D eigenvalue weighted by Crippen LogP contribution is 2.12. The number of aryl methyl sites for hydroxylation is 1. The molecule has 1 unspecified atom stereocenters. The zero-order valence-electron chi connectivity index (χ0n) is 14.6. The van der Waals surface area contributed by atoms with E-state index in [1.54, 1.807) is 0 Å². The van der Waals surface area contributed by atoms with Crippen LogP contribution >= 0.6 is 0 Å². The first-order chi connectivity index (χ1) is 11.2. The Bertz CT molecular complexity index is 463. The van der Waals surface area contributed by atoms with Gasteiger partial charge in [-0.1, -0.05) is 31.9 Å². The molecular weight excluding hydrogens is 290 g/mol. The van der Waals surface area contributed by atoms with Crippen molar-refractivity contribution in [1.82, 2.24) is 10.6 Å². The van der Waals surface area contributed by atoms with E-state index in [4.69, 9.17) is 4.74 Å². The summed E-state index contributed by atoms with van der Waals surface area (Å²) in [6.45, 7) is 8.48. The van der Waals surface area contributed by atoms with E-state index in [0.717, 1.165) is 36.8 Å². The molecule has 0 aliphatic carbocycles. The van der Waals surface area contributed by atoms with Gasteiger partial charge < -0.3 is 20.5 Å². The molecular formula is C18H31N3O2. The Balaban J connectivity index is 2.35. The molecule has 0 radical (unpaired) electrons. The summed E-state index contributed by atoms with van der Waals surface area (Å²) in [5.41, 5.74) is 1.14. The molecule has 0 heterocycles. The number of aliphatic hydroxyl groups excluding tert-OH is 1. The van der Waals surface area contributed by atoms with E-state index in [1.807, 2.05) is 38.1 Å². The molecule has 1 atom stereocenters. The maximum atomic E-state index is 10.0. The molecule has 0 amide bonds. The van der Waals surface area contributed by atoms with E-state index in [0.29, 0.717) is 6.54 Å². The van der Waals surface area contributed by atoms with Gasteiger partial charge >= 0.3 is 0 Å². The Labute approximate surface area is 140 Å². The summed E-state index contributed by atoms with van der Waals surface area (Å²) in [6, 6.07) is 7.80. The zero-order valence-corrected chi connectivity index (χ0v) is 14.6. The predicted octanol–water partition coefficient (Wildman–Crippen LogP) is 2.48. The van der Waals surface area contributed by atoms with Crippen molar-refractivity contribution < 1.29 is 9.84 Å². The molecule has 1 aromatic carbocycles. The fraction of sp³-hybridized carbons (Fsp3) is 0.611. The third-order valence-corrected chi connectivity index (χ3v) is 3.31. The molecule has 0 aromatic heterocycles. The average molecular weight is 321 g/mol. The molecule has 5 nitrogen and oxygen atoms in total. The monoisotopic (exact) mass is 321 g/mol. The molecule has 1 rings (SSSR count). The van der Waals surface area contributed by atoms with E-state index < -0.39 is 6.10 Å². The van der Waals surface area contributed by atoms with Gasteiger partial charge in [-0.2, -0.15) is 0 Å². The molecule has 0 spiro atoms. The second-order valence-electron chi connectivity index (χ2n) is 5.63. The maximum Gasteiger partial charge on any atom is 0.191 e. The number of aliphatic imine (C=N–C) groups is 1. The van der Waals surface area contributed by atoms with Crippen molar-refractivity contribution in [3.05, 3.63) is 29.8 Å². The second-order valence-corrected chi connectivity index (χ2v) is 5.63. The average Bonchev–Trinajstić information content (AvgIpc) is 2.54. The van der Waals surface area contributed by atoms with Crippen LogP contribution in [0, 0.1) is 6.92 Å². The third kappa shape index (κ3) is 9.08. The van der Waals surface area contributed by atoms with Crippen molar-refractivity contribution in [3.63, 3.8) is 0 Å². The normalized spacial score (nSPS) is 12.8. The molecule has 0 bridgehead atoms. The Kier molecular flexibility index (Phi) is 9.87. The summed E-state index contributed by atoms with van der Waals surface area (Å²) in [7, 11) is 0. The van der Waals surface area contributed by atoms with E-state index in [2.05, 4.69) is 22.5 Å². The summed E-state index contributed by atoms with van der Waals surface area (Å²) in [6.07, 6.45) is 2.91. The molecule has 0 saturated carbocycles. The second kappa shape index (κ2) is 11.8. The first-order valence-corrected chi connectivity index (χ1v) is 8.55. The van der Waals surface area contributed by atoms with Crippen LogP contribution in [0.1, 0.15) is 38.7 Å². The smallest absolute Gasteiger partial charge is 0.191 e. The van der Waals surface area contributed by atoms with Crippen molar-refractivity contribution in [2.75, 3.05) is 26.2 Å². The van der Waals surface area contributed by atoms with Crippen LogP contribution in [0.4, 0.5) is 0 Å². The number of rotatable bonds is 10. The van der Waals surface area contributed by atoms with Crippen LogP contribution in [0.3, 0.4) is 0 Å². The highest BCUT2D eigenvalue weighted by Gasteiger charge is 2.06. The first kappa shape index (κ1) is 19.3. The standard InChI is InChI=1S/C18H31N3O2/c1-4-6-7-11-20-18(19-5-2)21-13-16(22)14-23-17-10-8-9-15(3)12-17/h8-10,12,16,22H,4-7,11,13-14H2,1-3H3,(H2,19,20,21). The highest BCUT2D eigenvalue weighted by molar-refractivity contribution is 5.79. The number of aliphatic hydroxyl groups is 1. The number of hydrogen-bond acceptors (Lipinski definition) is 3. The van der Waals surface area contributed by atoms with Crippen LogP contribution in [-0.2, 0) is 0 Å². The van der Waals surface area contributed by atoms with Gasteiger partial charge in [-0.25, -0.2) is 0 Å². The summed E-state index contributed by atoms with van der Waals surface area (Å²) in [5.74, 6) is 1.52. The van der Waals surface area contributed by atoms with Crippen molar-refractivity contribution in [2.24, 2.45) is 4.99 Å². The first-order valence-electron chi connectivity index (χ1n) is 8.55. The van der Waals surface area contributed by atoms with Crippen LogP contribution < -0.4 is 15.4 Å². The number of guanidine groups is 1. The Morgan fingerprint density at radius 1 is 1.26 bits per heavy atom. The lowest BCUT2D eigenvalue weighted by atomic mass is 10.2. The number of hydrogen-bond donors (Lipinski definition) is 3. The fourth-order valence-corrected chi connectivity index (χ4v) is 2.07. The number of nitrogens with one attached hydrogen (secondary N) is 2. The lowest BCUT2D eigenvalue weighted by Gasteiger charge is -2.14. The van der Waals surface area contributed by atoms with Gasteiger partial charge in [-0.3, -0.25) is 4.99 Å². The minimum absolute atomic E-state index is 0.238. The van der Waals surface area contributed by atoms with E-state index in [1.165, 1.54) is 12.8 Å². The molecule has 5 heteroatoms. The minimum atomic E-state index is -0.624. The van der Waals surface area contributed by atoms with Gasteiger partial charge in [0.1, 0.15) is 18.5 Å². The van der Waals surface area contributed by atoms with Gasteiger partial charge in [0.25, 0.3) is 0 Å². The molecule has 1 aromatic rings. The van der Waals surface area contributed by atoms with Crippen molar-refractivity contribution >= 4 is 5.96 Å². The van der Waals surface area contributed by atoms with Crippen LogP contribution in [0.15, 0.2) is 29.3 Å². The van der Waals surface area contributed by atoms with Gasteiger partial charge in [-0.15, -0.1) is 0 Å². The van der Waals surface area contributed by atoms with Crippen LogP contribution in [0.5, 0.6) is 5.75 Å². The lowest BCUT2D eigenvalue weighted by molar-refractivity contribution is 0.114. The highest BCUT2D eigenvalue weighted by atomic mass is 16.5. The fourth-order valence-electron chi connectivity index (χ4n) is 2.07. The van der Waals surface area contributed by atoms with Crippen molar-refractivity contribution in [2.45, 2.75) is 46.1 Å². The third-order valence-electron chi connectivity index (χ3n) is 3.31. The van der Waals surface area contributed by atoms with Crippen molar-refractivity contribution in [1.29, 1.82) is 0 Å². The van der Waals surface area contributed by atoms with Crippen molar-refractivity contribution in [3.8, 4) is 5.75 Å². The lowest BCUT2D eigenvalue weighted by Crippen LogP contribution is -2.38. The summed E-state index contributed by atoms with van der Waals surface area (Å²) in [5, 5.41) is 16.5. The van der Waals surface area contributed by atoms with Crippen LogP contribution in [0.25, 0.3) is 0 Å². The number of unbranched alkanes of at least 4 members (excludes halogenated alkanes) is 2. The predicted molar refractivity (Wildman–Crippen MR) is 96.2 cm³/mol.